The van der Waals surface area contributed by atoms with Crippen LogP contribution in [-0.4, -0.2) is 29.0 Å². The van der Waals surface area contributed by atoms with Gasteiger partial charge in [-0.15, -0.1) is 0 Å². The molecule has 2 N–H and O–H groups in total. The Hall–Kier alpha value is -0.150. The van der Waals surface area contributed by atoms with Gasteiger partial charge in [0.05, 0.1) is 11.0 Å². The molecule has 2 nitrogen and oxygen atoms in total. The second kappa shape index (κ2) is 9.10. The van der Waals surface area contributed by atoms with E-state index in [0.717, 1.165) is 19.5 Å². The SMILES string of the molecule is CCCCN(CCCC)C(CC)C(N)=S. The van der Waals surface area contributed by atoms with Gasteiger partial charge in [0.15, 0.2) is 0 Å². The fourth-order valence-corrected chi connectivity index (χ4v) is 2.10. The maximum atomic E-state index is 5.78. The lowest BCUT2D eigenvalue weighted by atomic mass is 10.1. The van der Waals surface area contributed by atoms with Crippen LogP contribution in [0.15, 0.2) is 0 Å². The highest BCUT2D eigenvalue weighted by atomic mass is 32.1. The topological polar surface area (TPSA) is 29.3 Å². The zero-order valence-electron chi connectivity index (χ0n) is 10.5. The molecule has 0 aliphatic carbocycles. The Morgan fingerprint density at radius 2 is 1.60 bits per heavy atom. The fourth-order valence-electron chi connectivity index (χ4n) is 1.79. The average molecular weight is 230 g/mol. The van der Waals surface area contributed by atoms with Crippen LogP contribution in [0, 0.1) is 0 Å². The molecule has 0 saturated carbocycles. The van der Waals surface area contributed by atoms with Gasteiger partial charge in [-0.05, 0) is 32.4 Å². The maximum absolute atomic E-state index is 5.78. The van der Waals surface area contributed by atoms with Crippen molar-refractivity contribution in [2.24, 2.45) is 5.73 Å². The molecule has 0 bridgehead atoms. The van der Waals surface area contributed by atoms with E-state index in [1.165, 1.54) is 25.7 Å². The first-order chi connectivity index (χ1) is 7.17. The number of nitrogens with zero attached hydrogens (tertiary/aromatic N) is 1. The van der Waals surface area contributed by atoms with E-state index < -0.39 is 0 Å². The normalized spacial score (nSPS) is 13.1. The predicted octanol–water partition coefficient (Wildman–Crippen LogP) is 2.95. The third-order valence-electron chi connectivity index (χ3n) is 2.75. The van der Waals surface area contributed by atoms with Crippen molar-refractivity contribution in [1.29, 1.82) is 0 Å². The number of nitrogens with two attached hydrogens (primary N) is 1. The van der Waals surface area contributed by atoms with Gasteiger partial charge in [-0.2, -0.15) is 0 Å². The van der Waals surface area contributed by atoms with E-state index in [1.54, 1.807) is 0 Å². The van der Waals surface area contributed by atoms with Crippen LogP contribution in [0.3, 0.4) is 0 Å². The number of rotatable bonds is 9. The predicted molar refractivity (Wildman–Crippen MR) is 72.3 cm³/mol. The molecule has 0 rings (SSSR count). The molecule has 0 saturated heterocycles. The number of hydrogen-bond donors (Lipinski definition) is 1. The summed E-state index contributed by atoms with van der Waals surface area (Å²) in [5.74, 6) is 0. The third kappa shape index (κ3) is 6.10. The van der Waals surface area contributed by atoms with Crippen LogP contribution in [0.4, 0.5) is 0 Å². The number of hydrogen-bond acceptors (Lipinski definition) is 2. The Balaban J connectivity index is 4.22. The van der Waals surface area contributed by atoms with Crippen LogP contribution in [-0.2, 0) is 0 Å². The van der Waals surface area contributed by atoms with Crippen molar-refractivity contribution in [1.82, 2.24) is 4.90 Å². The molecule has 0 aliphatic rings. The summed E-state index contributed by atoms with van der Waals surface area (Å²) in [5, 5.41) is 0. The zero-order chi connectivity index (χ0) is 11.7. The molecule has 0 aromatic heterocycles. The van der Waals surface area contributed by atoms with Crippen molar-refractivity contribution < 1.29 is 0 Å². The quantitative estimate of drug-likeness (QED) is 0.618. The van der Waals surface area contributed by atoms with Gasteiger partial charge < -0.3 is 5.73 Å². The molecule has 0 aliphatic heterocycles. The summed E-state index contributed by atoms with van der Waals surface area (Å²) in [7, 11) is 0. The van der Waals surface area contributed by atoms with E-state index in [4.69, 9.17) is 18.0 Å². The molecule has 0 spiro atoms. The van der Waals surface area contributed by atoms with Crippen molar-refractivity contribution >= 4 is 17.2 Å². The summed E-state index contributed by atoms with van der Waals surface area (Å²) in [6, 6.07) is 0.304. The van der Waals surface area contributed by atoms with Crippen LogP contribution in [0.2, 0.25) is 0 Å². The molecular formula is C12H26N2S. The Kier molecular flexibility index (Phi) is 9.01. The Bertz CT molecular complexity index is 163. The van der Waals surface area contributed by atoms with Crippen LogP contribution in [0.25, 0.3) is 0 Å². The van der Waals surface area contributed by atoms with Gasteiger partial charge in [0, 0.05) is 0 Å². The Morgan fingerprint density at radius 1 is 1.13 bits per heavy atom. The van der Waals surface area contributed by atoms with E-state index in [2.05, 4.69) is 25.7 Å². The van der Waals surface area contributed by atoms with Crippen molar-refractivity contribution in [3.8, 4) is 0 Å². The fraction of sp³-hybridized carbons (Fsp3) is 0.917. The molecule has 0 fully saturated rings. The van der Waals surface area contributed by atoms with Crippen molar-refractivity contribution in [2.45, 2.75) is 58.9 Å². The van der Waals surface area contributed by atoms with Crippen LogP contribution >= 0.6 is 12.2 Å². The lowest BCUT2D eigenvalue weighted by molar-refractivity contribution is 0.230. The minimum Gasteiger partial charge on any atom is -0.392 e. The summed E-state index contributed by atoms with van der Waals surface area (Å²) in [6.07, 6.45) is 5.97. The summed E-state index contributed by atoms with van der Waals surface area (Å²) < 4.78 is 0. The highest BCUT2D eigenvalue weighted by Crippen LogP contribution is 2.08. The minimum absolute atomic E-state index is 0.304. The summed E-state index contributed by atoms with van der Waals surface area (Å²) in [6.45, 7) is 8.87. The molecule has 3 heteroatoms. The molecule has 0 amide bonds. The first kappa shape index (κ1) is 14.8. The summed E-state index contributed by atoms with van der Waals surface area (Å²) in [5.41, 5.74) is 5.78. The lowest BCUT2D eigenvalue weighted by Gasteiger charge is -2.30. The molecule has 0 aromatic rings. The minimum atomic E-state index is 0.304. The van der Waals surface area contributed by atoms with Gasteiger partial charge in [-0.3, -0.25) is 4.90 Å². The molecule has 1 unspecified atom stereocenters. The smallest absolute Gasteiger partial charge is 0.0901 e. The largest absolute Gasteiger partial charge is 0.392 e. The second-order valence-electron chi connectivity index (χ2n) is 4.07. The van der Waals surface area contributed by atoms with E-state index in [-0.39, 0.29) is 0 Å². The maximum Gasteiger partial charge on any atom is 0.0901 e. The zero-order valence-corrected chi connectivity index (χ0v) is 11.3. The van der Waals surface area contributed by atoms with Gasteiger partial charge in [0.2, 0.25) is 0 Å². The van der Waals surface area contributed by atoms with Crippen molar-refractivity contribution in [3.63, 3.8) is 0 Å². The van der Waals surface area contributed by atoms with Crippen LogP contribution in [0.1, 0.15) is 52.9 Å². The monoisotopic (exact) mass is 230 g/mol. The summed E-state index contributed by atoms with van der Waals surface area (Å²) >= 11 is 5.13. The van der Waals surface area contributed by atoms with E-state index >= 15 is 0 Å². The molecule has 1 atom stereocenters. The first-order valence-corrected chi connectivity index (χ1v) is 6.61. The number of unbranched alkanes of at least 4 members (excludes halogenated alkanes) is 2. The number of thiocarbonyl (C=S) groups is 1. The lowest BCUT2D eigenvalue weighted by Crippen LogP contribution is -2.44. The third-order valence-corrected chi connectivity index (χ3v) is 3.03. The van der Waals surface area contributed by atoms with Crippen molar-refractivity contribution in [2.75, 3.05) is 13.1 Å². The molecule has 0 radical (unpaired) electrons. The Labute approximate surface area is 100 Å². The van der Waals surface area contributed by atoms with E-state index in [1.807, 2.05) is 0 Å². The molecule has 15 heavy (non-hydrogen) atoms. The molecule has 0 aromatic carbocycles. The van der Waals surface area contributed by atoms with Gasteiger partial charge in [0.25, 0.3) is 0 Å². The van der Waals surface area contributed by atoms with Crippen LogP contribution in [0.5, 0.6) is 0 Å². The van der Waals surface area contributed by atoms with E-state index in [9.17, 15) is 0 Å². The molecule has 90 valence electrons. The highest BCUT2D eigenvalue weighted by Gasteiger charge is 2.17. The Morgan fingerprint density at radius 3 is 1.87 bits per heavy atom. The summed E-state index contributed by atoms with van der Waals surface area (Å²) in [4.78, 5) is 3.11. The van der Waals surface area contributed by atoms with Crippen LogP contribution < -0.4 is 5.73 Å². The second-order valence-corrected chi connectivity index (χ2v) is 4.54. The van der Waals surface area contributed by atoms with Crippen molar-refractivity contribution in [3.05, 3.63) is 0 Å². The van der Waals surface area contributed by atoms with Gasteiger partial charge in [0.1, 0.15) is 0 Å². The first-order valence-electron chi connectivity index (χ1n) is 6.20. The van der Waals surface area contributed by atoms with Gasteiger partial charge in [-0.25, -0.2) is 0 Å². The van der Waals surface area contributed by atoms with Gasteiger partial charge in [-0.1, -0.05) is 45.8 Å². The molecule has 0 heterocycles. The average Bonchev–Trinajstić information content (AvgIpc) is 2.21. The molecular weight excluding hydrogens is 204 g/mol. The van der Waals surface area contributed by atoms with E-state index in [0.29, 0.717) is 11.0 Å². The standard InChI is InChI=1S/C12H26N2S/c1-4-7-9-14(10-8-5-2)11(6-3)12(13)15/h11H,4-10H2,1-3H3,(H2,13,15). The van der Waals surface area contributed by atoms with Gasteiger partial charge >= 0.3 is 0 Å². The highest BCUT2D eigenvalue weighted by molar-refractivity contribution is 7.80.